The maximum atomic E-state index is 5.26. The van der Waals surface area contributed by atoms with Crippen LogP contribution in [0.25, 0.3) is 0 Å². The molecular weight excluding hydrogens is 207 g/mol. The summed E-state index contributed by atoms with van der Waals surface area (Å²) in [6, 6.07) is 0. The normalized spacial score (nSPS) is 10.1. The van der Waals surface area contributed by atoms with Crippen LogP contribution in [0.3, 0.4) is 0 Å². The van der Waals surface area contributed by atoms with E-state index < -0.39 is 0 Å². The summed E-state index contributed by atoms with van der Waals surface area (Å²) in [6.07, 6.45) is 0. The summed E-state index contributed by atoms with van der Waals surface area (Å²) >= 11 is 0. The quantitative estimate of drug-likeness (QED) is 0.273. The molecule has 94 valence electrons. The van der Waals surface area contributed by atoms with Crippen molar-refractivity contribution in [2.24, 2.45) is 0 Å². The Kier molecular flexibility index (Phi) is 20.8. The van der Waals surface area contributed by atoms with Crippen LogP contribution in [0.1, 0.15) is 1.43 Å². The zero-order valence-corrected chi connectivity index (χ0v) is 10.7. The molecule has 0 fully saturated rings. The van der Waals surface area contributed by atoms with Gasteiger partial charge in [0, 0.05) is 14.2 Å². The van der Waals surface area contributed by atoms with E-state index in [1.165, 1.54) is 0 Å². The Bertz CT molecular complexity index is 109. The standard InChI is InChI=1S/C10H22O5.Li.H/c1-11-3-5-13-7-9-15-10-8-14-6-4-12-2;;/h3-10H2,1-2H3;;/q;+1;-1. The Morgan fingerprint density at radius 3 is 1.06 bits per heavy atom. The fourth-order valence-corrected chi connectivity index (χ4v) is 0.826. The van der Waals surface area contributed by atoms with E-state index in [-0.39, 0.29) is 20.3 Å². The van der Waals surface area contributed by atoms with Gasteiger partial charge in [0.15, 0.2) is 0 Å². The van der Waals surface area contributed by atoms with Gasteiger partial charge in [-0.05, 0) is 0 Å². The van der Waals surface area contributed by atoms with Crippen molar-refractivity contribution in [2.75, 3.05) is 67.1 Å². The second-order valence-corrected chi connectivity index (χ2v) is 2.82. The molecule has 16 heavy (non-hydrogen) atoms. The van der Waals surface area contributed by atoms with Gasteiger partial charge in [0.05, 0.1) is 52.9 Å². The Morgan fingerprint density at radius 1 is 0.562 bits per heavy atom. The first-order valence-corrected chi connectivity index (χ1v) is 5.13. The maximum absolute atomic E-state index is 5.26. The third-order valence-electron chi connectivity index (χ3n) is 1.61. The van der Waals surface area contributed by atoms with Crippen molar-refractivity contribution in [2.45, 2.75) is 0 Å². The van der Waals surface area contributed by atoms with Gasteiger partial charge in [0.1, 0.15) is 0 Å². The number of methoxy groups -OCH3 is 2. The monoisotopic (exact) mass is 230 g/mol. The SMILES string of the molecule is COCCOCCOCCOCCOC.[H-].[Li+]. The summed E-state index contributed by atoms with van der Waals surface area (Å²) in [5.41, 5.74) is 0. The average Bonchev–Trinajstić information content (AvgIpc) is 2.26. The Hall–Kier alpha value is 0.397. The minimum Gasteiger partial charge on any atom is -1.00 e. The minimum atomic E-state index is 0. The van der Waals surface area contributed by atoms with Crippen molar-refractivity contribution in [1.29, 1.82) is 0 Å². The largest absolute Gasteiger partial charge is 1.00 e. The molecule has 0 aliphatic rings. The van der Waals surface area contributed by atoms with Crippen molar-refractivity contribution < 1.29 is 44.0 Å². The molecular formula is C10H23LiO5. The molecule has 0 heterocycles. The van der Waals surface area contributed by atoms with E-state index in [0.29, 0.717) is 52.9 Å². The van der Waals surface area contributed by atoms with Gasteiger partial charge in [0.2, 0.25) is 0 Å². The van der Waals surface area contributed by atoms with E-state index in [0.717, 1.165) is 0 Å². The predicted octanol–water partition coefficient (Wildman–Crippen LogP) is -2.55. The van der Waals surface area contributed by atoms with Gasteiger partial charge in [-0.25, -0.2) is 0 Å². The summed E-state index contributed by atoms with van der Waals surface area (Å²) in [7, 11) is 3.30. The van der Waals surface area contributed by atoms with Gasteiger partial charge < -0.3 is 25.1 Å². The molecule has 0 bridgehead atoms. The van der Waals surface area contributed by atoms with Crippen molar-refractivity contribution in [1.82, 2.24) is 0 Å². The van der Waals surface area contributed by atoms with E-state index in [4.69, 9.17) is 23.7 Å². The molecule has 0 N–H and O–H groups in total. The van der Waals surface area contributed by atoms with Crippen LogP contribution in [0, 0.1) is 0 Å². The van der Waals surface area contributed by atoms with Crippen molar-refractivity contribution in [3.05, 3.63) is 0 Å². The van der Waals surface area contributed by atoms with Gasteiger partial charge in [0.25, 0.3) is 0 Å². The van der Waals surface area contributed by atoms with E-state index in [1.807, 2.05) is 0 Å². The molecule has 0 spiro atoms. The Balaban J connectivity index is -0.000000980. The number of hydrogen-bond donors (Lipinski definition) is 0. The number of hydrogen-bond acceptors (Lipinski definition) is 5. The van der Waals surface area contributed by atoms with Crippen LogP contribution >= 0.6 is 0 Å². The molecule has 0 aromatic heterocycles. The molecule has 6 heteroatoms. The van der Waals surface area contributed by atoms with E-state index in [1.54, 1.807) is 14.2 Å². The first-order valence-electron chi connectivity index (χ1n) is 5.13. The second-order valence-electron chi connectivity index (χ2n) is 2.82. The first-order chi connectivity index (χ1) is 7.41. The van der Waals surface area contributed by atoms with Gasteiger partial charge >= 0.3 is 18.9 Å². The van der Waals surface area contributed by atoms with Crippen LogP contribution in [0.5, 0.6) is 0 Å². The molecule has 0 amide bonds. The first kappa shape index (κ1) is 18.8. The summed E-state index contributed by atoms with van der Waals surface area (Å²) in [6.45, 7) is 4.87. The van der Waals surface area contributed by atoms with Crippen LogP contribution in [0.2, 0.25) is 0 Å². The Labute approximate surface area is 111 Å². The zero-order chi connectivity index (χ0) is 11.2. The van der Waals surface area contributed by atoms with Crippen molar-refractivity contribution >= 4 is 0 Å². The van der Waals surface area contributed by atoms with Crippen LogP contribution in [0.4, 0.5) is 0 Å². The summed E-state index contributed by atoms with van der Waals surface area (Å²) in [5, 5.41) is 0. The topological polar surface area (TPSA) is 46.2 Å². The zero-order valence-electron chi connectivity index (χ0n) is 11.7. The van der Waals surface area contributed by atoms with E-state index in [9.17, 15) is 0 Å². The van der Waals surface area contributed by atoms with Crippen molar-refractivity contribution in [3.63, 3.8) is 0 Å². The molecule has 0 aromatic carbocycles. The molecule has 0 atom stereocenters. The molecule has 0 saturated carbocycles. The predicted molar refractivity (Wildman–Crippen MR) is 57.3 cm³/mol. The molecule has 0 aliphatic carbocycles. The summed E-state index contributed by atoms with van der Waals surface area (Å²) in [5.74, 6) is 0. The molecule has 5 nitrogen and oxygen atoms in total. The van der Waals surface area contributed by atoms with Crippen LogP contribution in [-0.2, 0) is 23.7 Å². The van der Waals surface area contributed by atoms with Gasteiger partial charge in [-0.2, -0.15) is 0 Å². The van der Waals surface area contributed by atoms with Crippen LogP contribution < -0.4 is 18.9 Å². The van der Waals surface area contributed by atoms with Gasteiger partial charge in [-0.15, -0.1) is 0 Å². The van der Waals surface area contributed by atoms with E-state index in [2.05, 4.69) is 0 Å². The molecule has 0 aliphatic heterocycles. The fraction of sp³-hybridized carbons (Fsp3) is 1.00. The number of rotatable bonds is 12. The van der Waals surface area contributed by atoms with Gasteiger partial charge in [-0.3, -0.25) is 0 Å². The van der Waals surface area contributed by atoms with Crippen molar-refractivity contribution in [3.8, 4) is 0 Å². The van der Waals surface area contributed by atoms with E-state index >= 15 is 0 Å². The summed E-state index contributed by atoms with van der Waals surface area (Å²) < 4.78 is 25.3. The third kappa shape index (κ3) is 16.8. The summed E-state index contributed by atoms with van der Waals surface area (Å²) in [4.78, 5) is 0. The Morgan fingerprint density at radius 2 is 0.812 bits per heavy atom. The molecule has 0 unspecified atom stereocenters. The minimum absolute atomic E-state index is 0. The molecule has 0 saturated heterocycles. The van der Waals surface area contributed by atoms with Gasteiger partial charge in [-0.1, -0.05) is 0 Å². The molecule has 0 radical (unpaired) electrons. The number of ether oxygens (including phenoxy) is 5. The fourth-order valence-electron chi connectivity index (χ4n) is 0.826. The van der Waals surface area contributed by atoms with Crippen LogP contribution in [-0.4, -0.2) is 67.1 Å². The molecule has 0 aromatic rings. The third-order valence-corrected chi connectivity index (χ3v) is 1.61. The van der Waals surface area contributed by atoms with Crippen LogP contribution in [0.15, 0.2) is 0 Å². The smallest absolute Gasteiger partial charge is 1.00 e. The average molecular weight is 230 g/mol. The second kappa shape index (κ2) is 17.8. The maximum Gasteiger partial charge on any atom is 1.00 e. The molecule has 0 rings (SSSR count).